The van der Waals surface area contributed by atoms with Gasteiger partial charge >= 0.3 is 0 Å². The van der Waals surface area contributed by atoms with Crippen molar-refractivity contribution in [3.63, 3.8) is 0 Å². The van der Waals surface area contributed by atoms with Crippen LogP contribution in [0.5, 0.6) is 11.5 Å². The summed E-state index contributed by atoms with van der Waals surface area (Å²) in [4.78, 5) is 41.2. The number of Topliss-reactive ketones (excluding diaryl/α,β-unsaturated/α-hetero) is 1. The fourth-order valence-electron chi connectivity index (χ4n) is 4.90. The Bertz CT molecular complexity index is 1250. The second-order valence-corrected chi connectivity index (χ2v) is 9.44. The SMILES string of the molecule is CC(=O)c1ccc(N(C(=O)C2COc3ccccc3O2)C(C(=O)NC2CCCCC2)c2ccco2)cc1. The third kappa shape index (κ3) is 5.38. The van der Waals surface area contributed by atoms with Crippen molar-refractivity contribution < 1.29 is 28.3 Å². The van der Waals surface area contributed by atoms with E-state index in [1.807, 2.05) is 6.07 Å². The number of ketones is 1. The minimum atomic E-state index is -1.08. The van der Waals surface area contributed by atoms with Crippen molar-refractivity contribution in [1.82, 2.24) is 5.32 Å². The smallest absolute Gasteiger partial charge is 0.272 e. The van der Waals surface area contributed by atoms with Crippen LogP contribution in [0.1, 0.15) is 61.2 Å². The van der Waals surface area contributed by atoms with Crippen molar-refractivity contribution in [2.75, 3.05) is 11.5 Å². The number of furan rings is 1. The number of anilines is 1. The van der Waals surface area contributed by atoms with Gasteiger partial charge in [-0.05, 0) is 68.3 Å². The minimum absolute atomic E-state index is 0.00695. The minimum Gasteiger partial charge on any atom is -0.485 e. The van der Waals surface area contributed by atoms with E-state index in [1.54, 1.807) is 54.6 Å². The predicted octanol–water partition coefficient (Wildman–Crippen LogP) is 4.85. The topological polar surface area (TPSA) is 98.1 Å². The van der Waals surface area contributed by atoms with Gasteiger partial charge in [-0.25, -0.2) is 0 Å². The van der Waals surface area contributed by atoms with Crippen LogP contribution >= 0.6 is 0 Å². The van der Waals surface area contributed by atoms with Crippen LogP contribution in [-0.2, 0) is 9.59 Å². The molecule has 0 bridgehead atoms. The van der Waals surface area contributed by atoms with E-state index in [0.717, 1.165) is 32.1 Å². The van der Waals surface area contributed by atoms with E-state index in [1.165, 1.54) is 18.1 Å². The molecule has 2 amide bonds. The molecule has 1 aliphatic carbocycles. The fourth-order valence-corrected chi connectivity index (χ4v) is 4.90. The average molecular weight is 503 g/mol. The monoisotopic (exact) mass is 502 g/mol. The van der Waals surface area contributed by atoms with E-state index in [9.17, 15) is 14.4 Å². The number of amides is 2. The van der Waals surface area contributed by atoms with Crippen molar-refractivity contribution >= 4 is 23.3 Å². The Labute approximate surface area is 215 Å². The molecule has 2 unspecified atom stereocenters. The molecule has 2 heterocycles. The molecule has 8 heteroatoms. The van der Waals surface area contributed by atoms with Gasteiger partial charge in [-0.1, -0.05) is 31.4 Å². The Morgan fingerprint density at radius 2 is 1.65 bits per heavy atom. The fraction of sp³-hybridized carbons (Fsp3) is 0.345. The van der Waals surface area contributed by atoms with Crippen LogP contribution < -0.4 is 19.7 Å². The predicted molar refractivity (Wildman–Crippen MR) is 137 cm³/mol. The van der Waals surface area contributed by atoms with Crippen molar-refractivity contribution in [2.45, 2.75) is 57.2 Å². The number of carbonyl (C=O) groups excluding carboxylic acids is 3. The van der Waals surface area contributed by atoms with Crippen LogP contribution in [-0.4, -0.2) is 36.4 Å². The summed E-state index contributed by atoms with van der Waals surface area (Å²) >= 11 is 0. The normalized spacial score (nSPS) is 18.0. The van der Waals surface area contributed by atoms with Crippen molar-refractivity contribution in [3.05, 3.63) is 78.3 Å². The first-order valence-electron chi connectivity index (χ1n) is 12.7. The molecule has 2 atom stereocenters. The molecule has 192 valence electrons. The lowest BCUT2D eigenvalue weighted by Crippen LogP contribution is -2.52. The molecule has 2 aliphatic rings. The number of hydrogen-bond donors (Lipinski definition) is 1. The lowest BCUT2D eigenvalue weighted by atomic mass is 9.95. The summed E-state index contributed by atoms with van der Waals surface area (Å²) in [5.41, 5.74) is 0.946. The summed E-state index contributed by atoms with van der Waals surface area (Å²) in [5, 5.41) is 3.14. The Morgan fingerprint density at radius 1 is 0.919 bits per heavy atom. The molecule has 37 heavy (non-hydrogen) atoms. The van der Waals surface area contributed by atoms with Gasteiger partial charge in [0.25, 0.3) is 11.8 Å². The quantitative estimate of drug-likeness (QED) is 0.464. The van der Waals surface area contributed by atoms with Gasteiger partial charge in [-0.2, -0.15) is 0 Å². The number of hydrogen-bond acceptors (Lipinski definition) is 6. The first-order valence-corrected chi connectivity index (χ1v) is 12.7. The van der Waals surface area contributed by atoms with Gasteiger partial charge in [0, 0.05) is 17.3 Å². The number of carbonyl (C=O) groups is 3. The van der Waals surface area contributed by atoms with Crippen molar-refractivity contribution in [2.24, 2.45) is 0 Å². The number of nitrogens with zero attached hydrogens (tertiary/aromatic N) is 1. The highest BCUT2D eigenvalue weighted by Crippen LogP contribution is 2.35. The molecule has 1 aromatic heterocycles. The van der Waals surface area contributed by atoms with Gasteiger partial charge in [0.2, 0.25) is 6.10 Å². The maximum atomic E-state index is 14.1. The summed E-state index contributed by atoms with van der Waals surface area (Å²) in [6.45, 7) is 1.47. The molecule has 1 N–H and O–H groups in total. The zero-order valence-electron chi connectivity index (χ0n) is 20.7. The number of ether oxygens (including phenoxy) is 2. The number of fused-ring (bicyclic) bond motifs is 1. The van der Waals surface area contributed by atoms with Crippen LogP contribution in [0.25, 0.3) is 0 Å². The zero-order valence-corrected chi connectivity index (χ0v) is 20.7. The summed E-state index contributed by atoms with van der Waals surface area (Å²) in [5.74, 6) is 0.465. The van der Waals surface area contributed by atoms with Gasteiger partial charge in [-0.15, -0.1) is 0 Å². The first kappa shape index (κ1) is 24.6. The van der Waals surface area contributed by atoms with Gasteiger partial charge in [-0.3, -0.25) is 19.3 Å². The standard InChI is InChI=1S/C29H30N2O6/c1-19(32)20-13-15-22(16-14-20)31(29(34)26-18-36-23-10-5-6-11-24(23)37-26)27(25-12-7-17-35-25)28(33)30-21-8-3-2-4-9-21/h5-7,10-17,21,26-27H,2-4,8-9,18H2,1H3,(H,30,33). The molecule has 2 aromatic carbocycles. The second-order valence-electron chi connectivity index (χ2n) is 9.44. The van der Waals surface area contributed by atoms with E-state index in [4.69, 9.17) is 13.9 Å². The summed E-state index contributed by atoms with van der Waals surface area (Å²) in [6.07, 6.45) is 5.55. The molecule has 1 aliphatic heterocycles. The number of benzene rings is 2. The van der Waals surface area contributed by atoms with E-state index in [2.05, 4.69) is 5.32 Å². The first-order chi connectivity index (χ1) is 18.0. The maximum Gasteiger partial charge on any atom is 0.272 e. The van der Waals surface area contributed by atoms with Crippen molar-refractivity contribution in [3.8, 4) is 11.5 Å². The summed E-state index contributed by atoms with van der Waals surface area (Å²) in [6, 6.07) is 16.1. The Morgan fingerprint density at radius 3 is 2.32 bits per heavy atom. The van der Waals surface area contributed by atoms with Crippen LogP contribution in [0.4, 0.5) is 5.69 Å². The van der Waals surface area contributed by atoms with Gasteiger partial charge in [0.1, 0.15) is 12.4 Å². The molecule has 5 rings (SSSR count). The van der Waals surface area contributed by atoms with E-state index in [0.29, 0.717) is 28.5 Å². The molecular weight excluding hydrogens is 472 g/mol. The molecule has 8 nitrogen and oxygen atoms in total. The largest absolute Gasteiger partial charge is 0.485 e. The molecular formula is C29H30N2O6. The van der Waals surface area contributed by atoms with Crippen LogP contribution in [0, 0.1) is 0 Å². The maximum absolute atomic E-state index is 14.1. The van der Waals surface area contributed by atoms with Gasteiger partial charge in [0.15, 0.2) is 23.3 Å². The number of rotatable bonds is 7. The second kappa shape index (κ2) is 10.9. The number of para-hydroxylation sites is 2. The zero-order chi connectivity index (χ0) is 25.8. The lowest BCUT2D eigenvalue weighted by Gasteiger charge is -2.35. The molecule has 0 radical (unpaired) electrons. The summed E-state index contributed by atoms with van der Waals surface area (Å²) < 4.78 is 17.5. The van der Waals surface area contributed by atoms with Gasteiger partial charge in [0.05, 0.1) is 6.26 Å². The Balaban J connectivity index is 1.52. The Hall–Kier alpha value is -4.07. The molecule has 0 saturated heterocycles. The van der Waals surface area contributed by atoms with E-state index >= 15 is 0 Å². The molecule has 1 saturated carbocycles. The number of nitrogens with one attached hydrogen (secondary N) is 1. The van der Waals surface area contributed by atoms with E-state index in [-0.39, 0.29) is 24.3 Å². The highest BCUT2D eigenvalue weighted by Gasteiger charge is 2.41. The van der Waals surface area contributed by atoms with Crippen LogP contribution in [0.2, 0.25) is 0 Å². The van der Waals surface area contributed by atoms with Gasteiger partial charge < -0.3 is 19.2 Å². The van der Waals surface area contributed by atoms with Crippen LogP contribution in [0.15, 0.2) is 71.3 Å². The molecule has 3 aromatic rings. The van der Waals surface area contributed by atoms with Crippen molar-refractivity contribution in [1.29, 1.82) is 0 Å². The summed E-state index contributed by atoms with van der Waals surface area (Å²) in [7, 11) is 0. The lowest BCUT2D eigenvalue weighted by molar-refractivity contribution is -0.132. The third-order valence-corrected chi connectivity index (χ3v) is 6.84. The molecule has 1 fully saturated rings. The van der Waals surface area contributed by atoms with E-state index < -0.39 is 18.1 Å². The highest BCUT2D eigenvalue weighted by molar-refractivity contribution is 6.04. The van der Waals surface area contributed by atoms with Crippen LogP contribution in [0.3, 0.4) is 0 Å². The average Bonchev–Trinajstić information content (AvgIpc) is 3.46. The third-order valence-electron chi connectivity index (χ3n) is 6.84. The molecule has 0 spiro atoms. The Kier molecular flexibility index (Phi) is 7.25. The highest BCUT2D eigenvalue weighted by atomic mass is 16.6.